The van der Waals surface area contributed by atoms with Gasteiger partial charge in [0.15, 0.2) is 5.69 Å². The van der Waals surface area contributed by atoms with Crippen LogP contribution in [0.25, 0.3) is 11.1 Å². The lowest BCUT2D eigenvalue weighted by Gasteiger charge is -2.19. The van der Waals surface area contributed by atoms with Crippen molar-refractivity contribution in [3.8, 4) is 11.1 Å². The average molecular weight is 477 g/mol. The number of carbonyl (C=O) groups excluding carboxylic acids is 2. The Morgan fingerprint density at radius 2 is 1.71 bits per heavy atom. The van der Waals surface area contributed by atoms with E-state index in [2.05, 4.69) is 40.0 Å². The van der Waals surface area contributed by atoms with Crippen LogP contribution in [0.5, 0.6) is 0 Å². The second-order valence-corrected chi connectivity index (χ2v) is 8.54. The smallest absolute Gasteiger partial charge is 0.407 e. The van der Waals surface area contributed by atoms with E-state index < -0.39 is 24.0 Å². The number of aromatic nitrogens is 2. The highest BCUT2D eigenvalue weighted by Crippen LogP contribution is 2.44. The molecule has 1 unspecified atom stereocenters. The summed E-state index contributed by atoms with van der Waals surface area (Å²) < 4.78 is 6.77. The van der Waals surface area contributed by atoms with E-state index in [0.29, 0.717) is 6.42 Å². The van der Waals surface area contributed by atoms with Crippen molar-refractivity contribution in [2.75, 3.05) is 11.9 Å². The van der Waals surface area contributed by atoms with Gasteiger partial charge in [-0.2, -0.15) is 5.10 Å². The van der Waals surface area contributed by atoms with Crippen LogP contribution in [0.15, 0.2) is 54.7 Å². The molecule has 0 fully saturated rings. The number of aryl methyl sites for hydroxylation is 1. The Labute approximate surface area is 203 Å². The first-order valence-corrected chi connectivity index (χ1v) is 11.6. The van der Waals surface area contributed by atoms with E-state index in [-0.39, 0.29) is 30.3 Å². The number of carboxylic acids is 1. The first kappa shape index (κ1) is 24.0. The number of aromatic carboxylic acids is 1. The van der Waals surface area contributed by atoms with Crippen molar-refractivity contribution >= 4 is 23.7 Å². The predicted molar refractivity (Wildman–Crippen MR) is 130 cm³/mol. The normalized spacial score (nSPS) is 13.0. The Hall–Kier alpha value is -4.14. The molecular formula is C26H28N4O5. The zero-order valence-corrected chi connectivity index (χ0v) is 19.7. The number of benzene rings is 2. The highest BCUT2D eigenvalue weighted by molar-refractivity contribution is 5.99. The van der Waals surface area contributed by atoms with Gasteiger partial charge in [0.25, 0.3) is 0 Å². The highest BCUT2D eigenvalue weighted by Gasteiger charge is 2.29. The molecule has 9 nitrogen and oxygen atoms in total. The number of fused-ring (bicyclic) bond motifs is 3. The van der Waals surface area contributed by atoms with Crippen LogP contribution < -0.4 is 10.6 Å². The minimum absolute atomic E-state index is 0.0218. The third-order valence-corrected chi connectivity index (χ3v) is 6.15. The Balaban J connectivity index is 1.37. The zero-order chi connectivity index (χ0) is 24.9. The van der Waals surface area contributed by atoms with Crippen LogP contribution in [0.2, 0.25) is 0 Å². The maximum Gasteiger partial charge on any atom is 0.407 e. The first-order chi connectivity index (χ1) is 16.9. The minimum atomic E-state index is -1.19. The lowest BCUT2D eigenvalue weighted by Crippen LogP contribution is -2.38. The van der Waals surface area contributed by atoms with E-state index in [4.69, 9.17) is 4.74 Å². The molecule has 1 aromatic heterocycles. The summed E-state index contributed by atoms with van der Waals surface area (Å²) in [5.74, 6) is -1.67. The van der Waals surface area contributed by atoms with Crippen LogP contribution in [0, 0.1) is 0 Å². The molecule has 1 atom stereocenters. The first-order valence-electron chi connectivity index (χ1n) is 11.6. The van der Waals surface area contributed by atoms with Gasteiger partial charge in [0, 0.05) is 25.4 Å². The molecule has 1 heterocycles. The topological polar surface area (TPSA) is 123 Å². The van der Waals surface area contributed by atoms with Gasteiger partial charge in [0.2, 0.25) is 5.91 Å². The number of carbonyl (C=O) groups is 3. The number of nitrogens with one attached hydrogen (secondary N) is 2. The number of nitrogens with zero attached hydrogens (tertiary/aromatic N) is 2. The van der Waals surface area contributed by atoms with Crippen molar-refractivity contribution in [3.05, 3.63) is 71.5 Å². The van der Waals surface area contributed by atoms with Crippen LogP contribution >= 0.6 is 0 Å². The van der Waals surface area contributed by atoms with Crippen molar-refractivity contribution < 1.29 is 24.2 Å². The fourth-order valence-electron chi connectivity index (χ4n) is 4.59. The van der Waals surface area contributed by atoms with Crippen LogP contribution in [-0.4, -0.2) is 45.5 Å². The molecule has 4 rings (SSSR count). The molecule has 3 aromatic rings. The number of alkyl carbamates (subject to hydrolysis) is 1. The van der Waals surface area contributed by atoms with Crippen LogP contribution in [0.1, 0.15) is 53.7 Å². The highest BCUT2D eigenvalue weighted by atomic mass is 16.5. The molecule has 3 N–H and O–H groups in total. The summed E-state index contributed by atoms with van der Waals surface area (Å²) in [5, 5.41) is 18.6. The van der Waals surface area contributed by atoms with Crippen LogP contribution in [-0.2, 0) is 16.6 Å². The summed E-state index contributed by atoms with van der Waals surface area (Å²) in [6, 6.07) is 15.7. The Morgan fingerprint density at radius 1 is 1.09 bits per heavy atom. The summed E-state index contributed by atoms with van der Waals surface area (Å²) in [4.78, 5) is 36.6. The number of rotatable bonds is 9. The molecule has 0 spiro atoms. The molecule has 0 aliphatic heterocycles. The molecule has 1 aliphatic carbocycles. The molecule has 182 valence electrons. The van der Waals surface area contributed by atoms with Gasteiger partial charge in [-0.15, -0.1) is 0 Å². The van der Waals surface area contributed by atoms with Gasteiger partial charge in [0.1, 0.15) is 6.61 Å². The predicted octanol–water partition coefficient (Wildman–Crippen LogP) is 4.15. The Kier molecular flexibility index (Phi) is 7.14. The molecule has 0 saturated carbocycles. The molecule has 35 heavy (non-hydrogen) atoms. The fraction of sp³-hybridized carbons (Fsp3) is 0.308. The summed E-state index contributed by atoms with van der Waals surface area (Å²) in [6.45, 7) is 2.14. The van der Waals surface area contributed by atoms with Crippen LogP contribution in [0.4, 0.5) is 10.5 Å². The average Bonchev–Trinajstić information content (AvgIpc) is 3.35. The van der Waals surface area contributed by atoms with Crippen LogP contribution in [0.3, 0.4) is 0 Å². The lowest BCUT2D eigenvalue weighted by atomic mass is 9.98. The maximum atomic E-state index is 12.6. The van der Waals surface area contributed by atoms with Crippen molar-refractivity contribution in [3.63, 3.8) is 0 Å². The molecule has 2 amide bonds. The Morgan fingerprint density at radius 3 is 2.31 bits per heavy atom. The zero-order valence-electron chi connectivity index (χ0n) is 19.7. The van der Waals surface area contributed by atoms with Gasteiger partial charge >= 0.3 is 12.1 Å². The van der Waals surface area contributed by atoms with Gasteiger partial charge < -0.3 is 20.5 Å². The molecule has 0 radical (unpaired) electrons. The van der Waals surface area contributed by atoms with E-state index in [1.165, 1.54) is 17.9 Å². The molecule has 1 aliphatic rings. The number of anilines is 1. The molecule has 0 saturated heterocycles. The lowest BCUT2D eigenvalue weighted by molar-refractivity contribution is -0.116. The number of hydrogen-bond acceptors (Lipinski definition) is 5. The van der Waals surface area contributed by atoms with E-state index in [1.54, 1.807) is 0 Å². The maximum absolute atomic E-state index is 12.6. The van der Waals surface area contributed by atoms with E-state index in [0.717, 1.165) is 28.7 Å². The van der Waals surface area contributed by atoms with Gasteiger partial charge in [-0.3, -0.25) is 9.48 Å². The third-order valence-electron chi connectivity index (χ3n) is 6.15. The second kappa shape index (κ2) is 10.4. The fourth-order valence-corrected chi connectivity index (χ4v) is 4.59. The molecule has 0 bridgehead atoms. The number of ether oxygens (including phenoxy) is 1. The third kappa shape index (κ3) is 5.18. The standard InChI is InChI=1S/C26H28N4O5/c1-3-8-16(13-23(31)29-22-14-27-30(2)24(22)25(32)33)28-26(34)35-15-21-19-11-6-4-9-17(19)18-10-5-7-12-20(18)21/h4-7,9-12,14,16,21H,3,8,13,15H2,1-2H3,(H,28,34)(H,29,31)(H,32,33). The largest absolute Gasteiger partial charge is 0.476 e. The van der Waals surface area contributed by atoms with Crippen molar-refractivity contribution in [1.29, 1.82) is 0 Å². The summed E-state index contributed by atoms with van der Waals surface area (Å²) >= 11 is 0. The van der Waals surface area contributed by atoms with E-state index in [9.17, 15) is 19.5 Å². The van der Waals surface area contributed by atoms with Gasteiger partial charge in [-0.25, -0.2) is 9.59 Å². The van der Waals surface area contributed by atoms with Gasteiger partial charge in [0.05, 0.1) is 11.9 Å². The van der Waals surface area contributed by atoms with E-state index >= 15 is 0 Å². The summed E-state index contributed by atoms with van der Waals surface area (Å²) in [6.07, 6.45) is 1.98. The second-order valence-electron chi connectivity index (χ2n) is 8.54. The van der Waals surface area contributed by atoms with Crippen molar-refractivity contribution in [2.24, 2.45) is 7.05 Å². The van der Waals surface area contributed by atoms with Crippen molar-refractivity contribution in [2.45, 2.75) is 38.1 Å². The van der Waals surface area contributed by atoms with Gasteiger partial charge in [-0.05, 0) is 28.7 Å². The van der Waals surface area contributed by atoms with E-state index in [1.807, 2.05) is 31.2 Å². The molecular weight excluding hydrogens is 448 g/mol. The molecule has 9 heteroatoms. The summed E-state index contributed by atoms with van der Waals surface area (Å²) in [7, 11) is 1.48. The molecule has 2 aromatic carbocycles. The SMILES string of the molecule is CCCC(CC(=O)Nc1cnn(C)c1C(=O)O)NC(=O)OCC1c2ccccc2-c2ccccc21. The number of carboxylic acid groups (broad SMARTS) is 1. The van der Waals surface area contributed by atoms with Crippen molar-refractivity contribution in [1.82, 2.24) is 15.1 Å². The minimum Gasteiger partial charge on any atom is -0.476 e. The Bertz CT molecular complexity index is 1210. The number of amides is 2. The van der Waals surface area contributed by atoms with Gasteiger partial charge in [-0.1, -0.05) is 61.9 Å². The monoisotopic (exact) mass is 476 g/mol. The quantitative estimate of drug-likeness (QED) is 0.426. The number of hydrogen-bond donors (Lipinski definition) is 3. The summed E-state index contributed by atoms with van der Waals surface area (Å²) in [5.41, 5.74) is 4.53.